The molecular weight excluding hydrogens is 729 g/mol. The number of hydrogen-bond donors (Lipinski definition) is 1. The van der Waals surface area contributed by atoms with Crippen LogP contribution in [0.15, 0.2) is 42.6 Å². The van der Waals surface area contributed by atoms with E-state index >= 15 is 0 Å². The number of fused-ring (bicyclic) bond motifs is 1. The van der Waals surface area contributed by atoms with E-state index < -0.39 is 65.5 Å². The number of carbonyl (C=O) groups excluding carboxylic acids is 3. The minimum absolute atomic E-state index is 0.00318. The van der Waals surface area contributed by atoms with Crippen molar-refractivity contribution >= 4 is 34.8 Å². The van der Waals surface area contributed by atoms with Gasteiger partial charge in [0, 0.05) is 43.2 Å². The lowest BCUT2D eigenvalue weighted by Gasteiger charge is -2.52. The average molecular weight is 795 g/mol. The molecule has 13 heteroatoms. The molecule has 0 spiro atoms. The molecule has 1 aromatic heterocycles. The summed E-state index contributed by atoms with van der Waals surface area (Å²) in [4.78, 5) is 52.1. The number of rotatable bonds is 13. The fourth-order valence-electron chi connectivity index (χ4n) is 9.47. The standard InChI is InChI=1S/C44H66N4O9/c1-12-33(46(9)10)37(50)41(53-14-3)56-39-28(5)36(49)29(6)40(51)55-35(13-2)44(8)38-34(26-48(38)42(52)57-44)47(11)25-27(4)23-43(39,7)54-21-17-18-30-22-31-19-15-16-20-32(31)45-24-30/h15-20,22,24,27-29,33-35,37-39,41,50H,12-14,21,23,25-26H2,1-11H3/b18-17+/t27-,28+,29?,33?,34-,35-,37?,38-,39-,41+,43-,44-/m1/s1. The minimum Gasteiger partial charge on any atom is -0.458 e. The number of Topliss-reactive ketones (excluding diaryl/α,β-unsaturated/α-hetero) is 1. The lowest BCUT2D eigenvalue weighted by molar-refractivity contribution is -0.268. The van der Waals surface area contributed by atoms with Gasteiger partial charge in [0.2, 0.25) is 0 Å². The second-order valence-electron chi connectivity index (χ2n) is 17.0. The molecule has 1 amide bonds. The van der Waals surface area contributed by atoms with Gasteiger partial charge in [-0.1, -0.05) is 58.0 Å². The average Bonchev–Trinajstić information content (AvgIpc) is 3.34. The summed E-state index contributed by atoms with van der Waals surface area (Å²) in [6, 6.07) is 9.32. The number of benzene rings is 1. The summed E-state index contributed by atoms with van der Waals surface area (Å²) in [5.41, 5.74) is -0.404. The van der Waals surface area contributed by atoms with Gasteiger partial charge < -0.3 is 33.7 Å². The number of carbonyl (C=O) groups is 3. The van der Waals surface area contributed by atoms with Crippen molar-refractivity contribution in [1.82, 2.24) is 19.7 Å². The van der Waals surface area contributed by atoms with E-state index in [2.05, 4.69) is 22.9 Å². The van der Waals surface area contributed by atoms with Crippen LogP contribution in [0.1, 0.15) is 80.2 Å². The number of nitrogens with zero attached hydrogens (tertiary/aromatic N) is 4. The van der Waals surface area contributed by atoms with Crippen LogP contribution in [0.4, 0.5) is 4.79 Å². The van der Waals surface area contributed by atoms with Gasteiger partial charge in [0.25, 0.3) is 0 Å². The molecule has 5 rings (SSSR count). The lowest BCUT2D eigenvalue weighted by Crippen LogP contribution is -2.71. The van der Waals surface area contributed by atoms with Crippen molar-refractivity contribution < 1.29 is 43.2 Å². The van der Waals surface area contributed by atoms with Gasteiger partial charge in [0.1, 0.15) is 18.1 Å². The van der Waals surface area contributed by atoms with Crippen molar-refractivity contribution in [3.63, 3.8) is 0 Å². The zero-order valence-electron chi connectivity index (χ0n) is 35.8. The first kappa shape index (κ1) is 44.6. The Hall–Kier alpha value is -3.46. The van der Waals surface area contributed by atoms with Crippen LogP contribution < -0.4 is 0 Å². The Balaban J connectivity index is 1.54. The van der Waals surface area contributed by atoms with Gasteiger partial charge in [-0.15, -0.1) is 0 Å². The number of likely N-dealkylation sites (N-methyl/N-ethyl adjacent to an activating group) is 2. The predicted molar refractivity (Wildman–Crippen MR) is 218 cm³/mol. The molecular formula is C44H66N4O9. The zero-order valence-corrected chi connectivity index (χ0v) is 35.8. The van der Waals surface area contributed by atoms with Crippen LogP contribution >= 0.6 is 0 Å². The maximum absolute atomic E-state index is 14.6. The highest BCUT2D eigenvalue weighted by Crippen LogP contribution is 2.45. The maximum atomic E-state index is 14.6. The number of cyclic esters (lactones) is 1. The normalized spacial score (nSPS) is 33.3. The zero-order chi connectivity index (χ0) is 41.8. The Labute approximate surface area is 339 Å². The van der Waals surface area contributed by atoms with E-state index in [-0.39, 0.29) is 37.3 Å². The van der Waals surface area contributed by atoms with Crippen LogP contribution in [0.2, 0.25) is 0 Å². The number of ketones is 1. The molecule has 3 aliphatic heterocycles. The molecule has 13 nitrogen and oxygen atoms in total. The highest BCUT2D eigenvalue weighted by molar-refractivity contribution is 6.00. The van der Waals surface area contributed by atoms with E-state index in [0.717, 1.165) is 16.5 Å². The molecule has 2 aromatic rings. The first-order valence-electron chi connectivity index (χ1n) is 20.7. The van der Waals surface area contributed by atoms with Crippen LogP contribution in [-0.2, 0) is 33.3 Å². The lowest BCUT2D eigenvalue weighted by atomic mass is 9.77. The fraction of sp³-hybridized carbons (Fsp3) is 0.682. The molecule has 3 aliphatic rings. The summed E-state index contributed by atoms with van der Waals surface area (Å²) in [5, 5.41) is 12.8. The summed E-state index contributed by atoms with van der Waals surface area (Å²) in [6.45, 7) is 16.5. The largest absolute Gasteiger partial charge is 0.458 e. The van der Waals surface area contributed by atoms with Crippen molar-refractivity contribution in [3.05, 3.63) is 48.2 Å². The summed E-state index contributed by atoms with van der Waals surface area (Å²) >= 11 is 0. The van der Waals surface area contributed by atoms with Crippen molar-refractivity contribution in [3.8, 4) is 0 Å². The molecule has 1 aromatic carbocycles. The molecule has 57 heavy (non-hydrogen) atoms. The molecule has 3 fully saturated rings. The van der Waals surface area contributed by atoms with E-state index in [9.17, 15) is 19.5 Å². The second kappa shape index (κ2) is 18.6. The molecule has 1 N–H and O–H groups in total. The number of aromatic nitrogens is 1. The van der Waals surface area contributed by atoms with Crippen LogP contribution in [0, 0.1) is 17.8 Å². The van der Waals surface area contributed by atoms with Gasteiger partial charge in [0.05, 0.1) is 35.9 Å². The third kappa shape index (κ3) is 9.39. The quantitative estimate of drug-likeness (QED) is 0.154. The summed E-state index contributed by atoms with van der Waals surface area (Å²) in [5.74, 6) is -3.17. The maximum Gasteiger partial charge on any atom is 0.411 e. The predicted octanol–water partition coefficient (Wildman–Crippen LogP) is 5.57. The minimum atomic E-state index is -1.18. The van der Waals surface area contributed by atoms with E-state index in [1.54, 1.807) is 18.7 Å². The van der Waals surface area contributed by atoms with Gasteiger partial charge >= 0.3 is 12.1 Å². The topological polar surface area (TPSA) is 140 Å². The van der Waals surface area contributed by atoms with Crippen molar-refractivity contribution in [1.29, 1.82) is 0 Å². The molecule has 3 unspecified atom stereocenters. The smallest absolute Gasteiger partial charge is 0.411 e. The number of amides is 1. The SMILES string of the molecule is CCO[C@@H](O[C@@H]1[C@@H](C)C(=O)C(C)C(=O)O[C@H](CC)[C@@]2(C)OC(=O)N3C[C@H]([C@@H]32)N(C)C[C@H](C)C[C@@]1(C)OC/C=C/c1cnc2ccccc2c1)C(O)C(CC)N(C)C. The number of aliphatic hydroxyl groups is 1. The van der Waals surface area contributed by atoms with Crippen LogP contribution in [-0.4, -0.2) is 144 Å². The molecule has 4 heterocycles. The van der Waals surface area contributed by atoms with Gasteiger partial charge in [-0.05, 0) is 91.7 Å². The van der Waals surface area contributed by atoms with Crippen LogP contribution in [0.25, 0.3) is 17.0 Å². The summed E-state index contributed by atoms with van der Waals surface area (Å²) < 4.78 is 32.0. The van der Waals surface area contributed by atoms with Gasteiger partial charge in [-0.25, -0.2) is 4.79 Å². The van der Waals surface area contributed by atoms with Crippen molar-refractivity contribution in [2.45, 2.75) is 129 Å². The number of esters is 1. The number of aliphatic hydroxyl groups excluding tert-OH is 1. The second-order valence-corrected chi connectivity index (χ2v) is 17.0. The first-order chi connectivity index (χ1) is 27.0. The van der Waals surface area contributed by atoms with E-state index in [1.165, 1.54) is 0 Å². The molecule has 0 aliphatic carbocycles. The molecule has 316 valence electrons. The molecule has 0 bridgehead atoms. The Morgan fingerprint density at radius 2 is 1.81 bits per heavy atom. The van der Waals surface area contributed by atoms with E-state index in [1.807, 2.05) is 103 Å². The monoisotopic (exact) mass is 794 g/mol. The van der Waals surface area contributed by atoms with Crippen LogP contribution in [0.5, 0.6) is 0 Å². The molecule has 3 saturated heterocycles. The Morgan fingerprint density at radius 3 is 2.47 bits per heavy atom. The number of pyridine rings is 1. The Bertz CT molecular complexity index is 1740. The number of ether oxygens (including phenoxy) is 5. The molecule has 12 atom stereocenters. The number of hydrogen-bond acceptors (Lipinski definition) is 12. The van der Waals surface area contributed by atoms with Gasteiger partial charge in [-0.2, -0.15) is 0 Å². The summed E-state index contributed by atoms with van der Waals surface area (Å²) in [6.07, 6.45) is 2.85. The third-order valence-corrected chi connectivity index (χ3v) is 12.5. The Kier molecular flexibility index (Phi) is 14.6. The molecule has 0 saturated carbocycles. The highest BCUT2D eigenvalue weighted by Gasteiger charge is 2.65. The third-order valence-electron chi connectivity index (χ3n) is 12.5. The van der Waals surface area contributed by atoms with Crippen molar-refractivity contribution in [2.75, 3.05) is 47.4 Å². The Morgan fingerprint density at radius 1 is 1.09 bits per heavy atom. The van der Waals surface area contributed by atoms with Crippen LogP contribution in [0.3, 0.4) is 0 Å². The first-order valence-corrected chi connectivity index (χ1v) is 20.7. The fourth-order valence-corrected chi connectivity index (χ4v) is 9.47. The summed E-state index contributed by atoms with van der Waals surface area (Å²) in [7, 11) is 5.83. The number of para-hydroxylation sites is 1. The highest BCUT2D eigenvalue weighted by atomic mass is 16.7. The van der Waals surface area contributed by atoms with Gasteiger partial charge in [-0.3, -0.25) is 24.4 Å². The van der Waals surface area contributed by atoms with E-state index in [4.69, 9.17) is 23.7 Å². The van der Waals surface area contributed by atoms with E-state index in [0.29, 0.717) is 32.4 Å². The molecule has 0 radical (unpaired) electrons. The van der Waals surface area contributed by atoms with Crippen molar-refractivity contribution in [2.24, 2.45) is 17.8 Å². The van der Waals surface area contributed by atoms with Gasteiger partial charge in [0.15, 0.2) is 17.7 Å².